The third kappa shape index (κ3) is 4.73. The number of carbonyl (C=O) groups is 1. The van der Waals surface area contributed by atoms with E-state index in [2.05, 4.69) is 15.3 Å². The van der Waals surface area contributed by atoms with Gasteiger partial charge < -0.3 is 5.32 Å². The van der Waals surface area contributed by atoms with E-state index >= 15 is 0 Å². The van der Waals surface area contributed by atoms with Crippen LogP contribution in [0.5, 0.6) is 0 Å². The number of nitrogens with zero attached hydrogens (tertiary/aromatic N) is 2. The minimum Gasteiger partial charge on any atom is -0.322 e. The van der Waals surface area contributed by atoms with Gasteiger partial charge in [0.05, 0.1) is 9.90 Å². The van der Waals surface area contributed by atoms with Crippen LogP contribution in [0.3, 0.4) is 0 Å². The largest absolute Gasteiger partial charge is 0.322 e. The molecule has 0 saturated heterocycles. The molecule has 1 amide bonds. The lowest BCUT2D eigenvalue weighted by atomic mass is 10.3. The first-order chi connectivity index (χ1) is 11.9. The average Bonchev–Trinajstić information content (AvgIpc) is 2.87. The van der Waals surface area contributed by atoms with Gasteiger partial charge in [0.1, 0.15) is 4.34 Å². The summed E-state index contributed by atoms with van der Waals surface area (Å²) < 4.78 is 0.858. The molecular formula is C17H13Cl2N3OS2. The standard InChI is InChI=1S/C17H13Cl2N3OS2/c1-9-7-10(2)21-17(20-9)24-12-5-3-11(4-6-12)22-16(23)13-8-14(18)25-15(13)19/h3-8H,1-2H3,(H,22,23). The number of rotatable bonds is 4. The lowest BCUT2D eigenvalue weighted by Gasteiger charge is -2.06. The first-order valence-corrected chi connectivity index (χ1v) is 9.66. The Balaban J connectivity index is 1.69. The minimum atomic E-state index is -0.286. The summed E-state index contributed by atoms with van der Waals surface area (Å²) in [6, 6.07) is 11.0. The van der Waals surface area contributed by atoms with E-state index in [0.29, 0.717) is 25.1 Å². The molecule has 0 aliphatic heterocycles. The molecule has 0 unspecified atom stereocenters. The van der Waals surface area contributed by atoms with Gasteiger partial charge in [-0.2, -0.15) is 0 Å². The summed E-state index contributed by atoms with van der Waals surface area (Å²) in [6.07, 6.45) is 0. The van der Waals surface area contributed by atoms with Crippen molar-refractivity contribution >= 4 is 57.9 Å². The quantitative estimate of drug-likeness (QED) is 0.547. The highest BCUT2D eigenvalue weighted by atomic mass is 35.5. The molecule has 3 rings (SSSR count). The van der Waals surface area contributed by atoms with Gasteiger partial charge in [0.15, 0.2) is 5.16 Å². The van der Waals surface area contributed by atoms with Gasteiger partial charge in [0, 0.05) is 22.0 Å². The van der Waals surface area contributed by atoms with Gasteiger partial charge in [0.2, 0.25) is 0 Å². The zero-order valence-corrected chi connectivity index (χ0v) is 16.5. The Labute approximate surface area is 163 Å². The monoisotopic (exact) mass is 409 g/mol. The summed E-state index contributed by atoms with van der Waals surface area (Å²) in [5, 5.41) is 3.51. The maximum atomic E-state index is 12.2. The van der Waals surface area contributed by atoms with Crippen molar-refractivity contribution in [3.05, 3.63) is 62.0 Å². The van der Waals surface area contributed by atoms with Crippen molar-refractivity contribution < 1.29 is 4.79 Å². The molecule has 4 nitrogen and oxygen atoms in total. The first kappa shape index (κ1) is 18.2. The van der Waals surface area contributed by atoms with Crippen molar-refractivity contribution in [2.45, 2.75) is 23.9 Å². The Kier molecular flexibility index (Phi) is 5.64. The summed E-state index contributed by atoms with van der Waals surface area (Å²) in [4.78, 5) is 22.0. The van der Waals surface area contributed by atoms with E-state index in [1.54, 1.807) is 6.07 Å². The van der Waals surface area contributed by atoms with Gasteiger partial charge in [0.25, 0.3) is 5.91 Å². The highest BCUT2D eigenvalue weighted by Gasteiger charge is 2.14. The van der Waals surface area contributed by atoms with Crippen molar-refractivity contribution in [3.8, 4) is 0 Å². The van der Waals surface area contributed by atoms with Gasteiger partial charge in [-0.1, -0.05) is 23.2 Å². The fourth-order valence-corrected chi connectivity index (χ4v) is 4.47. The zero-order chi connectivity index (χ0) is 18.0. The van der Waals surface area contributed by atoms with Crippen LogP contribution in [0.1, 0.15) is 21.7 Å². The molecule has 0 atom stereocenters. The van der Waals surface area contributed by atoms with Crippen LogP contribution in [0.2, 0.25) is 8.67 Å². The number of anilines is 1. The molecule has 8 heteroatoms. The Morgan fingerprint density at radius 1 is 1.08 bits per heavy atom. The van der Waals surface area contributed by atoms with Crippen LogP contribution in [0, 0.1) is 13.8 Å². The number of aryl methyl sites for hydroxylation is 2. The molecule has 0 bridgehead atoms. The number of thiophene rings is 1. The van der Waals surface area contributed by atoms with E-state index in [4.69, 9.17) is 23.2 Å². The molecule has 0 radical (unpaired) electrons. The predicted octanol–water partition coefficient (Wildman–Crippen LogP) is 5.87. The molecule has 0 aliphatic rings. The Morgan fingerprint density at radius 2 is 1.72 bits per heavy atom. The lowest BCUT2D eigenvalue weighted by Crippen LogP contribution is -2.11. The fourth-order valence-electron chi connectivity index (χ4n) is 2.14. The lowest BCUT2D eigenvalue weighted by molar-refractivity contribution is 0.102. The molecule has 3 aromatic rings. The molecule has 0 saturated carbocycles. The Hall–Kier alpha value is -1.60. The van der Waals surface area contributed by atoms with Crippen LogP contribution in [-0.2, 0) is 0 Å². The molecule has 1 aromatic carbocycles. The van der Waals surface area contributed by atoms with E-state index in [0.717, 1.165) is 16.3 Å². The molecule has 0 fully saturated rings. The summed E-state index contributed by atoms with van der Waals surface area (Å²) in [6.45, 7) is 3.89. The normalized spacial score (nSPS) is 10.7. The van der Waals surface area contributed by atoms with Crippen molar-refractivity contribution in [2.75, 3.05) is 5.32 Å². The van der Waals surface area contributed by atoms with Gasteiger partial charge in [-0.05, 0) is 62.0 Å². The Morgan fingerprint density at radius 3 is 2.28 bits per heavy atom. The van der Waals surface area contributed by atoms with Gasteiger partial charge >= 0.3 is 0 Å². The van der Waals surface area contributed by atoms with Crippen molar-refractivity contribution in [2.24, 2.45) is 0 Å². The van der Waals surface area contributed by atoms with E-state index < -0.39 is 0 Å². The van der Waals surface area contributed by atoms with Gasteiger partial charge in [-0.15, -0.1) is 11.3 Å². The predicted molar refractivity (Wildman–Crippen MR) is 104 cm³/mol. The number of aromatic nitrogens is 2. The van der Waals surface area contributed by atoms with Gasteiger partial charge in [-0.3, -0.25) is 4.79 Å². The Bertz CT molecular complexity index is 906. The van der Waals surface area contributed by atoms with E-state index in [1.165, 1.54) is 23.1 Å². The minimum absolute atomic E-state index is 0.286. The number of hydrogen-bond donors (Lipinski definition) is 1. The van der Waals surface area contributed by atoms with Crippen LogP contribution >= 0.6 is 46.3 Å². The van der Waals surface area contributed by atoms with Crippen molar-refractivity contribution in [3.63, 3.8) is 0 Å². The third-order valence-electron chi connectivity index (χ3n) is 3.18. The molecule has 2 aromatic heterocycles. The number of amides is 1. The number of carbonyl (C=O) groups excluding carboxylic acids is 1. The summed E-state index contributed by atoms with van der Waals surface area (Å²) in [5.74, 6) is -0.286. The van der Waals surface area contributed by atoms with Crippen LogP contribution in [-0.4, -0.2) is 15.9 Å². The molecular weight excluding hydrogens is 397 g/mol. The van der Waals surface area contributed by atoms with Crippen LogP contribution < -0.4 is 5.32 Å². The molecule has 0 spiro atoms. The number of halogens is 2. The molecule has 1 N–H and O–H groups in total. The van der Waals surface area contributed by atoms with Crippen molar-refractivity contribution in [1.29, 1.82) is 0 Å². The third-order valence-corrected chi connectivity index (χ3v) is 5.55. The highest BCUT2D eigenvalue weighted by Crippen LogP contribution is 2.32. The number of benzene rings is 1. The van der Waals surface area contributed by atoms with E-state index in [1.807, 2.05) is 44.2 Å². The van der Waals surface area contributed by atoms with Crippen LogP contribution in [0.25, 0.3) is 0 Å². The molecule has 25 heavy (non-hydrogen) atoms. The second-order valence-electron chi connectivity index (χ2n) is 5.25. The first-order valence-electron chi connectivity index (χ1n) is 7.27. The smallest absolute Gasteiger partial charge is 0.258 e. The fraction of sp³-hybridized carbons (Fsp3) is 0.118. The molecule has 2 heterocycles. The topological polar surface area (TPSA) is 54.9 Å². The SMILES string of the molecule is Cc1cc(C)nc(Sc2ccc(NC(=O)c3cc(Cl)sc3Cl)cc2)n1. The molecule has 0 aliphatic carbocycles. The van der Waals surface area contributed by atoms with E-state index in [-0.39, 0.29) is 5.91 Å². The summed E-state index contributed by atoms with van der Waals surface area (Å²) >= 11 is 14.5. The van der Waals surface area contributed by atoms with Crippen LogP contribution in [0.15, 0.2) is 46.5 Å². The summed E-state index contributed by atoms with van der Waals surface area (Å²) in [5.41, 5.74) is 2.92. The second-order valence-corrected chi connectivity index (χ2v) is 8.58. The van der Waals surface area contributed by atoms with Gasteiger partial charge in [-0.25, -0.2) is 9.97 Å². The molecule has 128 valence electrons. The summed E-state index contributed by atoms with van der Waals surface area (Å²) in [7, 11) is 0. The van der Waals surface area contributed by atoms with Crippen molar-refractivity contribution in [1.82, 2.24) is 9.97 Å². The van der Waals surface area contributed by atoms with Crippen LogP contribution in [0.4, 0.5) is 5.69 Å². The number of hydrogen-bond acceptors (Lipinski definition) is 5. The average molecular weight is 410 g/mol. The maximum Gasteiger partial charge on any atom is 0.258 e. The second kappa shape index (κ2) is 7.74. The zero-order valence-electron chi connectivity index (χ0n) is 13.3. The highest BCUT2D eigenvalue weighted by molar-refractivity contribution is 7.99. The van der Waals surface area contributed by atoms with E-state index in [9.17, 15) is 4.79 Å². The number of nitrogens with one attached hydrogen (secondary N) is 1. The maximum absolute atomic E-state index is 12.2.